The lowest BCUT2D eigenvalue weighted by atomic mass is 10.2. The summed E-state index contributed by atoms with van der Waals surface area (Å²) in [5.74, 6) is 0.627. The van der Waals surface area contributed by atoms with E-state index in [1.807, 2.05) is 56.3 Å². The molecule has 3 aromatic heterocycles. The largest absolute Gasteiger partial charge is 0.256 e. The fraction of sp³-hybridized carbons (Fsp3) is 0.111. The van der Waals surface area contributed by atoms with Gasteiger partial charge in [-0.05, 0) is 44.2 Å². The molecule has 4 rings (SSSR count). The fourth-order valence-corrected chi connectivity index (χ4v) is 2.71. The number of aromatic nitrogens is 5. The zero-order chi connectivity index (χ0) is 16.7. The molecule has 0 fully saturated rings. The average Bonchev–Trinajstić information content (AvgIpc) is 3.01. The molecule has 4 aromatic rings. The molecule has 0 saturated carbocycles. The molecule has 0 atom stereocenters. The second kappa shape index (κ2) is 5.69. The summed E-state index contributed by atoms with van der Waals surface area (Å²) in [4.78, 5) is 13.4. The van der Waals surface area contributed by atoms with E-state index in [1.54, 1.807) is 10.7 Å². The molecule has 0 N–H and O–H groups in total. The molecular formula is C18H14ClN5. The molecule has 0 saturated heterocycles. The molecule has 5 nitrogen and oxygen atoms in total. The number of pyridine rings is 1. The Bertz CT molecular complexity index is 1060. The number of fused-ring (bicyclic) bond motifs is 2. The van der Waals surface area contributed by atoms with Crippen LogP contribution in [0.2, 0.25) is 5.02 Å². The van der Waals surface area contributed by atoms with Crippen LogP contribution in [0.3, 0.4) is 0 Å². The summed E-state index contributed by atoms with van der Waals surface area (Å²) >= 11 is 6.03. The van der Waals surface area contributed by atoms with Crippen LogP contribution in [0.25, 0.3) is 28.7 Å². The van der Waals surface area contributed by atoms with Gasteiger partial charge >= 0.3 is 0 Å². The minimum Gasteiger partial charge on any atom is -0.256 e. The third-order valence-corrected chi connectivity index (χ3v) is 4.04. The average molecular weight is 336 g/mol. The highest BCUT2D eigenvalue weighted by Gasteiger charge is 2.06. The van der Waals surface area contributed by atoms with Crippen LogP contribution in [-0.4, -0.2) is 24.6 Å². The Hall–Kier alpha value is -2.79. The summed E-state index contributed by atoms with van der Waals surface area (Å²) in [5, 5.41) is 6.23. The predicted molar refractivity (Wildman–Crippen MR) is 95.9 cm³/mol. The monoisotopic (exact) mass is 335 g/mol. The summed E-state index contributed by atoms with van der Waals surface area (Å²) in [7, 11) is 0. The number of halogens is 1. The fourth-order valence-electron chi connectivity index (χ4n) is 2.54. The third-order valence-electron chi connectivity index (χ3n) is 3.81. The van der Waals surface area contributed by atoms with E-state index >= 15 is 0 Å². The van der Waals surface area contributed by atoms with Crippen LogP contribution in [-0.2, 0) is 0 Å². The molecule has 118 valence electrons. The van der Waals surface area contributed by atoms with Crippen molar-refractivity contribution in [1.29, 1.82) is 0 Å². The van der Waals surface area contributed by atoms with Crippen LogP contribution in [0.5, 0.6) is 0 Å². The van der Waals surface area contributed by atoms with E-state index in [2.05, 4.69) is 20.1 Å². The van der Waals surface area contributed by atoms with E-state index in [4.69, 9.17) is 11.6 Å². The Morgan fingerprint density at radius 2 is 1.88 bits per heavy atom. The van der Waals surface area contributed by atoms with Crippen LogP contribution in [0, 0.1) is 13.8 Å². The molecule has 0 amide bonds. The topological polar surface area (TPSA) is 56.0 Å². The van der Waals surface area contributed by atoms with Crippen LogP contribution >= 0.6 is 11.6 Å². The summed E-state index contributed by atoms with van der Waals surface area (Å²) in [6.07, 6.45) is 5.54. The number of rotatable bonds is 2. The first-order chi connectivity index (χ1) is 11.6. The van der Waals surface area contributed by atoms with Crippen molar-refractivity contribution < 1.29 is 0 Å². The summed E-state index contributed by atoms with van der Waals surface area (Å²) in [6.45, 7) is 3.88. The molecule has 3 heterocycles. The van der Waals surface area contributed by atoms with Crippen molar-refractivity contribution in [3.8, 4) is 0 Å². The molecule has 1 aromatic carbocycles. The first-order valence-corrected chi connectivity index (χ1v) is 7.91. The Kier molecular flexibility index (Phi) is 3.50. The van der Waals surface area contributed by atoms with E-state index in [0.717, 1.165) is 33.6 Å². The van der Waals surface area contributed by atoms with Gasteiger partial charge in [0.2, 0.25) is 0 Å². The quantitative estimate of drug-likeness (QED) is 0.553. The maximum absolute atomic E-state index is 6.03. The van der Waals surface area contributed by atoms with Crippen molar-refractivity contribution in [3.63, 3.8) is 0 Å². The molecule has 0 unspecified atom stereocenters. The Labute approximate surface area is 143 Å². The Balaban J connectivity index is 1.72. The number of hydrogen-bond donors (Lipinski definition) is 0. The summed E-state index contributed by atoms with van der Waals surface area (Å²) in [5.41, 5.74) is 4.26. The molecule has 0 bridgehead atoms. The smallest absolute Gasteiger partial charge is 0.177 e. The van der Waals surface area contributed by atoms with Gasteiger partial charge in [0.15, 0.2) is 11.5 Å². The van der Waals surface area contributed by atoms with Crippen molar-refractivity contribution >= 4 is 40.3 Å². The molecule has 0 aliphatic carbocycles. The van der Waals surface area contributed by atoms with Crippen molar-refractivity contribution in [1.82, 2.24) is 24.6 Å². The third kappa shape index (κ3) is 2.63. The predicted octanol–water partition coefficient (Wildman–Crippen LogP) is 4.11. The number of hydrogen-bond acceptors (Lipinski definition) is 4. The van der Waals surface area contributed by atoms with Gasteiger partial charge in [-0.15, -0.1) is 5.10 Å². The number of nitrogens with zero attached hydrogens (tertiary/aromatic N) is 5. The van der Waals surface area contributed by atoms with Gasteiger partial charge in [0, 0.05) is 16.6 Å². The lowest BCUT2D eigenvalue weighted by Gasteiger charge is -1.99. The van der Waals surface area contributed by atoms with Crippen LogP contribution in [0.15, 0.2) is 36.5 Å². The van der Waals surface area contributed by atoms with Crippen LogP contribution in [0.1, 0.15) is 22.9 Å². The SMILES string of the molecule is Cc1ncc(C)n2nc(/C=C/c3ccc4ccc(Cl)cc4n3)nc12. The van der Waals surface area contributed by atoms with Crippen LogP contribution in [0.4, 0.5) is 0 Å². The Morgan fingerprint density at radius 3 is 2.71 bits per heavy atom. The van der Waals surface area contributed by atoms with Gasteiger partial charge in [0.25, 0.3) is 0 Å². The summed E-state index contributed by atoms with van der Waals surface area (Å²) in [6, 6.07) is 9.66. The minimum atomic E-state index is 0.627. The molecular weight excluding hydrogens is 322 g/mol. The lowest BCUT2D eigenvalue weighted by Crippen LogP contribution is -1.97. The second-order valence-electron chi connectivity index (χ2n) is 5.60. The van der Waals surface area contributed by atoms with E-state index in [1.165, 1.54) is 0 Å². The minimum absolute atomic E-state index is 0.627. The van der Waals surface area contributed by atoms with Gasteiger partial charge in [-0.2, -0.15) is 0 Å². The van der Waals surface area contributed by atoms with Gasteiger partial charge in [-0.3, -0.25) is 4.98 Å². The molecule has 0 radical (unpaired) electrons. The van der Waals surface area contributed by atoms with E-state index in [0.29, 0.717) is 10.8 Å². The second-order valence-corrected chi connectivity index (χ2v) is 6.03. The van der Waals surface area contributed by atoms with Gasteiger partial charge < -0.3 is 0 Å². The molecule has 0 aliphatic rings. The zero-order valence-corrected chi connectivity index (χ0v) is 14.0. The normalized spacial score (nSPS) is 11.8. The van der Waals surface area contributed by atoms with E-state index < -0.39 is 0 Å². The van der Waals surface area contributed by atoms with Gasteiger partial charge in [-0.1, -0.05) is 23.7 Å². The molecule has 6 heteroatoms. The van der Waals surface area contributed by atoms with Crippen molar-refractivity contribution in [2.24, 2.45) is 0 Å². The number of benzene rings is 1. The van der Waals surface area contributed by atoms with Crippen molar-refractivity contribution in [2.75, 3.05) is 0 Å². The highest BCUT2D eigenvalue weighted by Crippen LogP contribution is 2.18. The first kappa shape index (κ1) is 14.8. The summed E-state index contributed by atoms with van der Waals surface area (Å²) < 4.78 is 1.80. The van der Waals surface area contributed by atoms with Gasteiger partial charge in [0.05, 0.1) is 22.6 Å². The maximum Gasteiger partial charge on any atom is 0.177 e. The standard InChI is InChI=1S/C18H14ClN5/c1-11-10-20-12(2)18-22-17(23-24(11)18)8-7-15-6-4-13-3-5-14(19)9-16(13)21-15/h3-10H,1-2H3/b8-7+. The van der Waals surface area contributed by atoms with Gasteiger partial charge in [0.1, 0.15) is 0 Å². The van der Waals surface area contributed by atoms with Crippen molar-refractivity contribution in [3.05, 3.63) is 64.5 Å². The molecule has 24 heavy (non-hydrogen) atoms. The highest BCUT2D eigenvalue weighted by atomic mass is 35.5. The maximum atomic E-state index is 6.03. The number of aryl methyl sites for hydroxylation is 2. The van der Waals surface area contributed by atoms with Crippen molar-refractivity contribution in [2.45, 2.75) is 13.8 Å². The zero-order valence-electron chi connectivity index (χ0n) is 13.2. The van der Waals surface area contributed by atoms with Gasteiger partial charge in [-0.25, -0.2) is 14.5 Å². The highest BCUT2D eigenvalue weighted by molar-refractivity contribution is 6.31. The lowest BCUT2D eigenvalue weighted by molar-refractivity contribution is 0.884. The molecule has 0 spiro atoms. The van der Waals surface area contributed by atoms with Crippen LogP contribution < -0.4 is 0 Å². The van der Waals surface area contributed by atoms with E-state index in [9.17, 15) is 0 Å². The first-order valence-electron chi connectivity index (χ1n) is 7.53. The van der Waals surface area contributed by atoms with E-state index in [-0.39, 0.29) is 0 Å². The Morgan fingerprint density at radius 1 is 1.04 bits per heavy atom. The molecule has 0 aliphatic heterocycles.